The fraction of sp³-hybridized carbons (Fsp3) is 0.875. The maximum atomic E-state index is 6.09. The van der Waals surface area contributed by atoms with Crippen LogP contribution in [-0.4, -0.2) is 25.6 Å². The van der Waals surface area contributed by atoms with Gasteiger partial charge in [0.05, 0.1) is 7.05 Å². The maximum Gasteiger partial charge on any atom is 0.174 e. The van der Waals surface area contributed by atoms with E-state index < -0.39 is 0 Å². The fourth-order valence-electron chi connectivity index (χ4n) is 1.02. The number of rotatable bonds is 4. The van der Waals surface area contributed by atoms with Crippen LogP contribution in [0.15, 0.2) is 0 Å². The van der Waals surface area contributed by atoms with Gasteiger partial charge in [0.15, 0.2) is 5.82 Å². The van der Waals surface area contributed by atoms with Crippen molar-refractivity contribution in [3.63, 3.8) is 0 Å². The van der Waals surface area contributed by atoms with Gasteiger partial charge in [-0.25, -0.2) is 0 Å². The van der Waals surface area contributed by atoms with Crippen LogP contribution < -0.4 is 0 Å². The molecule has 4 nitrogen and oxygen atoms in total. The standard InChI is InChI=1S/C8H15ClN4/c1-6(2)7(9)4-5-8-10-12-13(3)11-8/h6-7H,4-5H2,1-3H3. The molecule has 1 aromatic heterocycles. The zero-order valence-electron chi connectivity index (χ0n) is 8.24. The van der Waals surface area contributed by atoms with Crippen molar-refractivity contribution in [3.8, 4) is 0 Å². The molecule has 0 fully saturated rings. The van der Waals surface area contributed by atoms with Crippen LogP contribution in [0.2, 0.25) is 0 Å². The molecular weight excluding hydrogens is 188 g/mol. The van der Waals surface area contributed by atoms with Gasteiger partial charge in [-0.2, -0.15) is 4.80 Å². The Morgan fingerprint density at radius 2 is 2.15 bits per heavy atom. The van der Waals surface area contributed by atoms with Gasteiger partial charge in [-0.05, 0) is 17.6 Å². The molecule has 0 amide bonds. The summed E-state index contributed by atoms with van der Waals surface area (Å²) in [4.78, 5) is 1.47. The van der Waals surface area contributed by atoms with Crippen LogP contribution >= 0.6 is 11.6 Å². The van der Waals surface area contributed by atoms with Gasteiger partial charge in [0, 0.05) is 11.8 Å². The van der Waals surface area contributed by atoms with Gasteiger partial charge in [-0.1, -0.05) is 13.8 Å². The zero-order valence-corrected chi connectivity index (χ0v) is 8.99. The van der Waals surface area contributed by atoms with Crippen LogP contribution in [0, 0.1) is 5.92 Å². The van der Waals surface area contributed by atoms with Crippen LogP contribution in [0.3, 0.4) is 0 Å². The number of tetrazole rings is 1. The molecule has 1 heterocycles. The molecule has 13 heavy (non-hydrogen) atoms. The number of aryl methyl sites for hydroxylation is 2. The number of hydrogen-bond donors (Lipinski definition) is 0. The lowest BCUT2D eigenvalue weighted by molar-refractivity contribution is 0.557. The van der Waals surface area contributed by atoms with Crippen molar-refractivity contribution < 1.29 is 0 Å². The summed E-state index contributed by atoms with van der Waals surface area (Å²) in [5.74, 6) is 1.27. The lowest BCUT2D eigenvalue weighted by atomic mass is 10.1. The highest BCUT2D eigenvalue weighted by Gasteiger charge is 2.11. The number of hydrogen-bond acceptors (Lipinski definition) is 3. The molecule has 74 valence electrons. The Labute approximate surface area is 83.3 Å². The summed E-state index contributed by atoms with van der Waals surface area (Å²) in [5, 5.41) is 11.9. The first-order valence-electron chi connectivity index (χ1n) is 4.46. The molecule has 0 saturated heterocycles. The second-order valence-electron chi connectivity index (χ2n) is 3.49. The van der Waals surface area contributed by atoms with E-state index in [4.69, 9.17) is 11.6 Å². The monoisotopic (exact) mass is 202 g/mol. The van der Waals surface area contributed by atoms with Crippen LogP contribution in [0.5, 0.6) is 0 Å². The van der Waals surface area contributed by atoms with E-state index in [-0.39, 0.29) is 5.38 Å². The second-order valence-corrected chi connectivity index (χ2v) is 4.05. The quantitative estimate of drug-likeness (QED) is 0.694. The average molecular weight is 203 g/mol. The van der Waals surface area contributed by atoms with Crippen LogP contribution in [0.25, 0.3) is 0 Å². The third-order valence-electron chi connectivity index (χ3n) is 1.92. The normalized spacial score (nSPS) is 13.6. The summed E-state index contributed by atoms with van der Waals surface area (Å²) >= 11 is 6.09. The molecule has 0 aliphatic carbocycles. The highest BCUT2D eigenvalue weighted by Crippen LogP contribution is 2.14. The van der Waals surface area contributed by atoms with Gasteiger partial charge in [-0.3, -0.25) is 0 Å². The van der Waals surface area contributed by atoms with Crippen LogP contribution in [-0.2, 0) is 13.5 Å². The SMILES string of the molecule is CC(C)C(Cl)CCc1nnn(C)n1. The van der Waals surface area contributed by atoms with Gasteiger partial charge in [0.1, 0.15) is 0 Å². The highest BCUT2D eigenvalue weighted by atomic mass is 35.5. The molecule has 0 aliphatic heterocycles. The van der Waals surface area contributed by atoms with E-state index in [2.05, 4.69) is 29.3 Å². The van der Waals surface area contributed by atoms with Gasteiger partial charge >= 0.3 is 0 Å². The van der Waals surface area contributed by atoms with Crippen molar-refractivity contribution in [2.45, 2.75) is 32.1 Å². The molecule has 0 aliphatic rings. The Morgan fingerprint density at radius 3 is 2.62 bits per heavy atom. The van der Waals surface area contributed by atoms with Gasteiger partial charge in [0.2, 0.25) is 0 Å². The third-order valence-corrected chi connectivity index (χ3v) is 2.64. The Balaban J connectivity index is 2.35. The first-order chi connectivity index (χ1) is 6.09. The van der Waals surface area contributed by atoms with E-state index in [0.717, 1.165) is 18.7 Å². The largest absolute Gasteiger partial charge is 0.174 e. The first-order valence-corrected chi connectivity index (χ1v) is 4.90. The smallest absolute Gasteiger partial charge is 0.167 e. The van der Waals surface area contributed by atoms with E-state index in [1.807, 2.05) is 0 Å². The van der Waals surface area contributed by atoms with Gasteiger partial charge in [0.25, 0.3) is 0 Å². The topological polar surface area (TPSA) is 43.6 Å². The third kappa shape index (κ3) is 3.30. The summed E-state index contributed by atoms with van der Waals surface area (Å²) in [7, 11) is 1.76. The molecule has 0 saturated carbocycles. The Bertz CT molecular complexity index is 258. The number of alkyl halides is 1. The minimum absolute atomic E-state index is 0.198. The van der Waals surface area contributed by atoms with E-state index in [1.165, 1.54) is 4.80 Å². The molecule has 0 aromatic carbocycles. The summed E-state index contributed by atoms with van der Waals surface area (Å²) in [6.07, 6.45) is 1.71. The van der Waals surface area contributed by atoms with Crippen molar-refractivity contribution in [3.05, 3.63) is 5.82 Å². The summed E-state index contributed by atoms with van der Waals surface area (Å²) in [6.45, 7) is 4.23. The molecule has 0 N–H and O–H groups in total. The molecule has 1 unspecified atom stereocenters. The average Bonchev–Trinajstić information content (AvgIpc) is 2.47. The molecule has 1 atom stereocenters. The van der Waals surface area contributed by atoms with E-state index in [1.54, 1.807) is 7.05 Å². The number of halogens is 1. The van der Waals surface area contributed by atoms with Gasteiger partial charge in [-0.15, -0.1) is 21.8 Å². The lowest BCUT2D eigenvalue weighted by Gasteiger charge is -2.10. The highest BCUT2D eigenvalue weighted by molar-refractivity contribution is 6.20. The Hall–Kier alpha value is -0.640. The molecule has 1 aromatic rings. The predicted octanol–water partition coefficient (Wildman–Crippen LogP) is 1.41. The van der Waals surface area contributed by atoms with Crippen molar-refractivity contribution in [2.75, 3.05) is 0 Å². The summed E-state index contributed by atoms with van der Waals surface area (Å²) in [5.41, 5.74) is 0. The number of aromatic nitrogens is 4. The Morgan fingerprint density at radius 1 is 1.46 bits per heavy atom. The van der Waals surface area contributed by atoms with E-state index in [9.17, 15) is 0 Å². The minimum atomic E-state index is 0.198. The number of nitrogens with zero attached hydrogens (tertiary/aromatic N) is 4. The maximum absolute atomic E-state index is 6.09. The fourth-order valence-corrected chi connectivity index (χ4v) is 1.13. The van der Waals surface area contributed by atoms with E-state index >= 15 is 0 Å². The molecule has 0 radical (unpaired) electrons. The van der Waals surface area contributed by atoms with Crippen molar-refractivity contribution in [2.24, 2.45) is 13.0 Å². The van der Waals surface area contributed by atoms with Crippen LogP contribution in [0.4, 0.5) is 0 Å². The minimum Gasteiger partial charge on any atom is -0.167 e. The second kappa shape index (κ2) is 4.56. The first kappa shape index (κ1) is 10.4. The molecule has 0 bridgehead atoms. The lowest BCUT2D eigenvalue weighted by Crippen LogP contribution is -2.09. The van der Waals surface area contributed by atoms with Crippen LogP contribution in [0.1, 0.15) is 26.1 Å². The molecule has 1 rings (SSSR count). The van der Waals surface area contributed by atoms with E-state index in [0.29, 0.717) is 5.92 Å². The molecular formula is C8H15ClN4. The molecule has 0 spiro atoms. The predicted molar refractivity (Wildman–Crippen MR) is 51.6 cm³/mol. The van der Waals surface area contributed by atoms with Gasteiger partial charge < -0.3 is 0 Å². The Kier molecular flexibility index (Phi) is 3.66. The van der Waals surface area contributed by atoms with Crippen molar-refractivity contribution in [1.82, 2.24) is 20.2 Å². The van der Waals surface area contributed by atoms with Crippen molar-refractivity contribution >= 4 is 11.6 Å². The summed E-state index contributed by atoms with van der Waals surface area (Å²) in [6, 6.07) is 0. The summed E-state index contributed by atoms with van der Waals surface area (Å²) < 4.78 is 0. The molecule has 5 heteroatoms. The zero-order chi connectivity index (χ0) is 9.84. The van der Waals surface area contributed by atoms with Crippen molar-refractivity contribution in [1.29, 1.82) is 0 Å².